The third kappa shape index (κ3) is 3.80. The highest BCUT2D eigenvalue weighted by Gasteiger charge is 2.08. The van der Waals surface area contributed by atoms with E-state index in [1.807, 2.05) is 24.3 Å². The summed E-state index contributed by atoms with van der Waals surface area (Å²) >= 11 is 1.36. The van der Waals surface area contributed by atoms with E-state index in [9.17, 15) is 4.79 Å². The van der Waals surface area contributed by atoms with E-state index in [0.29, 0.717) is 18.0 Å². The minimum Gasteiger partial charge on any atom is -0.370 e. The standard InChI is InChI=1S/C14H14N4OS/c15-14(16)17-9-5-1-2-7-11(19)13-18-10-6-3-4-8-12(10)20-13/h3-4,6,8H,1,5,9H2,(H4,15,16,17). The molecule has 2 aromatic rings. The Bertz CT molecular complexity index is 672. The van der Waals surface area contributed by atoms with Crippen LogP contribution in [0.3, 0.4) is 0 Å². The van der Waals surface area contributed by atoms with Crippen molar-refractivity contribution in [1.29, 1.82) is 0 Å². The SMILES string of the molecule is NC(N)=NCCCC#CC(=O)c1nc2ccccc2s1. The summed E-state index contributed by atoms with van der Waals surface area (Å²) in [4.78, 5) is 20.0. The zero-order valence-corrected chi connectivity index (χ0v) is 11.6. The van der Waals surface area contributed by atoms with Gasteiger partial charge in [0.2, 0.25) is 0 Å². The molecule has 0 saturated heterocycles. The highest BCUT2D eigenvalue weighted by Crippen LogP contribution is 2.21. The number of aromatic nitrogens is 1. The van der Waals surface area contributed by atoms with Crippen molar-refractivity contribution in [3.05, 3.63) is 29.3 Å². The summed E-state index contributed by atoms with van der Waals surface area (Å²) in [6.45, 7) is 0.520. The van der Waals surface area contributed by atoms with Gasteiger partial charge in [-0.3, -0.25) is 9.79 Å². The van der Waals surface area contributed by atoms with Crippen molar-refractivity contribution in [3.8, 4) is 11.8 Å². The van der Waals surface area contributed by atoms with Gasteiger partial charge in [-0.1, -0.05) is 18.1 Å². The number of benzene rings is 1. The fourth-order valence-corrected chi connectivity index (χ4v) is 2.40. The van der Waals surface area contributed by atoms with Crippen LogP contribution in [0.5, 0.6) is 0 Å². The van der Waals surface area contributed by atoms with Crippen LogP contribution in [0.1, 0.15) is 22.6 Å². The second-order valence-electron chi connectivity index (χ2n) is 4.03. The predicted molar refractivity (Wildman–Crippen MR) is 81.6 cm³/mol. The lowest BCUT2D eigenvalue weighted by Crippen LogP contribution is -2.22. The predicted octanol–water partition coefficient (Wildman–Crippen LogP) is 1.54. The number of para-hydroxylation sites is 1. The molecule has 0 aliphatic carbocycles. The summed E-state index contributed by atoms with van der Waals surface area (Å²) < 4.78 is 0.991. The topological polar surface area (TPSA) is 94.4 Å². The Morgan fingerprint density at radius 2 is 2.15 bits per heavy atom. The van der Waals surface area contributed by atoms with Crippen LogP contribution < -0.4 is 11.5 Å². The lowest BCUT2D eigenvalue weighted by molar-refractivity contribution is 0.105. The van der Waals surface area contributed by atoms with Gasteiger partial charge in [0.15, 0.2) is 11.0 Å². The third-order valence-corrected chi connectivity index (χ3v) is 3.48. The van der Waals surface area contributed by atoms with Crippen molar-refractivity contribution >= 4 is 33.3 Å². The summed E-state index contributed by atoms with van der Waals surface area (Å²) in [5, 5.41) is 0.433. The summed E-state index contributed by atoms with van der Waals surface area (Å²) in [5.74, 6) is 5.24. The smallest absolute Gasteiger partial charge is 0.264 e. The monoisotopic (exact) mass is 286 g/mol. The number of Topliss-reactive ketones (excluding diaryl/α,β-unsaturated/α-hetero) is 1. The van der Waals surface area contributed by atoms with Crippen molar-refractivity contribution < 1.29 is 4.79 Å². The second-order valence-corrected chi connectivity index (χ2v) is 5.06. The van der Waals surface area contributed by atoms with Gasteiger partial charge in [0, 0.05) is 13.0 Å². The first kappa shape index (κ1) is 14.0. The van der Waals surface area contributed by atoms with Crippen LogP contribution in [-0.4, -0.2) is 23.3 Å². The lowest BCUT2D eigenvalue weighted by Gasteiger charge is -1.90. The minimum atomic E-state index is -0.243. The molecule has 0 bridgehead atoms. The number of carbonyl (C=O) groups is 1. The molecule has 4 N–H and O–H groups in total. The number of ketones is 1. The van der Waals surface area contributed by atoms with Crippen LogP contribution in [0.25, 0.3) is 10.2 Å². The van der Waals surface area contributed by atoms with Gasteiger partial charge in [0.05, 0.1) is 10.2 Å². The van der Waals surface area contributed by atoms with Crippen LogP contribution >= 0.6 is 11.3 Å². The van der Waals surface area contributed by atoms with E-state index in [2.05, 4.69) is 21.8 Å². The van der Waals surface area contributed by atoms with Gasteiger partial charge < -0.3 is 11.5 Å². The molecular weight excluding hydrogens is 272 g/mol. The molecule has 0 aliphatic rings. The molecule has 20 heavy (non-hydrogen) atoms. The van der Waals surface area contributed by atoms with Crippen LogP contribution in [0.15, 0.2) is 29.3 Å². The Morgan fingerprint density at radius 1 is 1.35 bits per heavy atom. The number of guanidine groups is 1. The maximum atomic E-state index is 11.9. The summed E-state index contributed by atoms with van der Waals surface area (Å²) in [7, 11) is 0. The lowest BCUT2D eigenvalue weighted by atomic mass is 10.3. The number of nitrogens with two attached hydrogens (primary N) is 2. The molecule has 5 nitrogen and oxygen atoms in total. The van der Waals surface area contributed by atoms with E-state index in [0.717, 1.165) is 16.6 Å². The largest absolute Gasteiger partial charge is 0.370 e. The van der Waals surface area contributed by atoms with Crippen molar-refractivity contribution in [2.24, 2.45) is 16.5 Å². The average molecular weight is 286 g/mol. The molecule has 1 aromatic heterocycles. The quantitative estimate of drug-likeness (QED) is 0.222. The minimum absolute atomic E-state index is 0.0727. The number of fused-ring (bicyclic) bond motifs is 1. The van der Waals surface area contributed by atoms with Crippen molar-refractivity contribution in [2.75, 3.05) is 6.54 Å². The first-order chi connectivity index (χ1) is 9.66. The first-order valence-corrected chi connectivity index (χ1v) is 6.92. The molecule has 0 saturated carbocycles. The van der Waals surface area contributed by atoms with Gasteiger partial charge in [-0.05, 0) is 24.5 Å². The number of unbranched alkanes of at least 4 members (excludes halogenated alkanes) is 1. The fraction of sp³-hybridized carbons (Fsp3) is 0.214. The number of nitrogens with zero attached hydrogens (tertiary/aromatic N) is 2. The van der Waals surface area contributed by atoms with Crippen LogP contribution in [0.4, 0.5) is 0 Å². The molecular formula is C14H14N4OS. The Kier molecular flexibility index (Phi) is 4.69. The molecule has 6 heteroatoms. The first-order valence-electron chi connectivity index (χ1n) is 6.11. The van der Waals surface area contributed by atoms with Gasteiger partial charge >= 0.3 is 0 Å². The molecule has 0 amide bonds. The van der Waals surface area contributed by atoms with Gasteiger partial charge in [-0.25, -0.2) is 4.98 Å². The van der Waals surface area contributed by atoms with Crippen LogP contribution in [0, 0.1) is 11.8 Å². The van der Waals surface area contributed by atoms with Gasteiger partial charge in [0.1, 0.15) is 0 Å². The van der Waals surface area contributed by atoms with E-state index >= 15 is 0 Å². The summed E-state index contributed by atoms with van der Waals surface area (Å²) in [5.41, 5.74) is 11.2. The fourth-order valence-electron chi connectivity index (χ4n) is 1.54. The number of aliphatic imine (C=N–C) groups is 1. The highest BCUT2D eigenvalue weighted by molar-refractivity contribution is 7.20. The van der Waals surface area contributed by atoms with Crippen LogP contribution in [0.2, 0.25) is 0 Å². The Morgan fingerprint density at radius 3 is 2.90 bits per heavy atom. The second kappa shape index (κ2) is 6.68. The number of carbonyl (C=O) groups excluding carboxylic acids is 1. The van der Waals surface area contributed by atoms with Crippen molar-refractivity contribution in [1.82, 2.24) is 4.98 Å². The zero-order valence-electron chi connectivity index (χ0n) is 10.8. The third-order valence-electron chi connectivity index (χ3n) is 2.44. The van der Waals surface area contributed by atoms with Crippen LogP contribution in [-0.2, 0) is 0 Å². The van der Waals surface area contributed by atoms with Crippen molar-refractivity contribution in [2.45, 2.75) is 12.8 Å². The maximum Gasteiger partial charge on any atom is 0.264 e. The van der Waals surface area contributed by atoms with Gasteiger partial charge in [-0.2, -0.15) is 0 Å². The molecule has 1 heterocycles. The Hall–Kier alpha value is -2.39. The Balaban J connectivity index is 1.93. The summed E-state index contributed by atoms with van der Waals surface area (Å²) in [6.07, 6.45) is 1.30. The normalized spacial score (nSPS) is 9.80. The average Bonchev–Trinajstić information content (AvgIpc) is 2.86. The number of rotatable bonds is 4. The summed E-state index contributed by atoms with van der Waals surface area (Å²) in [6, 6.07) is 7.63. The molecule has 2 rings (SSSR count). The van der Waals surface area contributed by atoms with E-state index in [1.165, 1.54) is 11.3 Å². The van der Waals surface area contributed by atoms with E-state index in [4.69, 9.17) is 11.5 Å². The van der Waals surface area contributed by atoms with E-state index in [-0.39, 0.29) is 11.7 Å². The number of thiazole rings is 1. The van der Waals surface area contributed by atoms with E-state index in [1.54, 1.807) is 0 Å². The Labute approximate surface area is 120 Å². The molecule has 0 radical (unpaired) electrons. The molecule has 1 aromatic carbocycles. The highest BCUT2D eigenvalue weighted by atomic mass is 32.1. The molecule has 0 atom stereocenters. The molecule has 102 valence electrons. The molecule has 0 unspecified atom stereocenters. The van der Waals surface area contributed by atoms with E-state index < -0.39 is 0 Å². The van der Waals surface area contributed by atoms with Crippen molar-refractivity contribution in [3.63, 3.8) is 0 Å². The zero-order chi connectivity index (χ0) is 14.4. The number of hydrogen-bond donors (Lipinski definition) is 2. The van der Waals surface area contributed by atoms with Gasteiger partial charge in [0.25, 0.3) is 5.78 Å². The number of hydrogen-bond acceptors (Lipinski definition) is 4. The molecule has 0 aliphatic heterocycles. The van der Waals surface area contributed by atoms with Gasteiger partial charge in [-0.15, -0.1) is 11.3 Å². The maximum absolute atomic E-state index is 11.9. The molecule has 0 spiro atoms. The molecule has 0 fully saturated rings.